The lowest BCUT2D eigenvalue weighted by molar-refractivity contribution is 0.968. The zero-order chi connectivity index (χ0) is 14.1. The maximum absolute atomic E-state index is 4.33. The monoisotopic (exact) mass is 263 g/mol. The van der Waals surface area contributed by atoms with Crippen molar-refractivity contribution in [1.82, 2.24) is 14.8 Å². The van der Waals surface area contributed by atoms with E-state index in [1.807, 2.05) is 25.1 Å². The van der Waals surface area contributed by atoms with E-state index >= 15 is 0 Å². The van der Waals surface area contributed by atoms with Gasteiger partial charge in [-0.2, -0.15) is 0 Å². The van der Waals surface area contributed by atoms with Crippen LogP contribution in [-0.4, -0.2) is 14.8 Å². The van der Waals surface area contributed by atoms with Gasteiger partial charge < -0.3 is 0 Å². The molecular formula is C17H17N3. The van der Waals surface area contributed by atoms with Crippen LogP contribution in [0.5, 0.6) is 0 Å². The molecule has 0 saturated carbocycles. The lowest BCUT2D eigenvalue weighted by Crippen LogP contribution is -2.01. The Balaban J connectivity index is 2.22. The molecule has 0 amide bonds. The number of aromatic nitrogens is 3. The highest BCUT2D eigenvalue weighted by Gasteiger charge is 2.12. The third-order valence-corrected chi connectivity index (χ3v) is 3.32. The first-order valence-electron chi connectivity index (χ1n) is 6.71. The Morgan fingerprint density at radius 1 is 0.800 bits per heavy atom. The SMILES string of the molecule is Cc1cc(C)cc(-n2c(C)nnc2-c2ccccc2)c1. The molecule has 0 aliphatic carbocycles. The lowest BCUT2D eigenvalue weighted by atomic mass is 10.1. The van der Waals surface area contributed by atoms with Crippen LogP contribution in [-0.2, 0) is 0 Å². The highest BCUT2D eigenvalue weighted by Crippen LogP contribution is 2.23. The van der Waals surface area contributed by atoms with Crippen LogP contribution in [0.25, 0.3) is 17.1 Å². The normalized spacial score (nSPS) is 10.8. The molecule has 2 aromatic carbocycles. The van der Waals surface area contributed by atoms with Gasteiger partial charge in [-0.1, -0.05) is 36.4 Å². The van der Waals surface area contributed by atoms with Crippen LogP contribution in [0.1, 0.15) is 17.0 Å². The van der Waals surface area contributed by atoms with E-state index in [-0.39, 0.29) is 0 Å². The molecule has 3 rings (SSSR count). The van der Waals surface area contributed by atoms with E-state index in [0.29, 0.717) is 0 Å². The van der Waals surface area contributed by atoms with Crippen molar-refractivity contribution in [1.29, 1.82) is 0 Å². The summed E-state index contributed by atoms with van der Waals surface area (Å²) in [4.78, 5) is 0. The molecule has 0 fully saturated rings. The molecule has 0 radical (unpaired) electrons. The molecule has 0 atom stereocenters. The van der Waals surface area contributed by atoms with E-state index < -0.39 is 0 Å². The highest BCUT2D eigenvalue weighted by molar-refractivity contribution is 5.59. The second kappa shape index (κ2) is 4.93. The summed E-state index contributed by atoms with van der Waals surface area (Å²) in [6.45, 7) is 6.20. The number of hydrogen-bond donors (Lipinski definition) is 0. The predicted molar refractivity (Wildman–Crippen MR) is 81.0 cm³/mol. The summed E-state index contributed by atoms with van der Waals surface area (Å²) in [6, 6.07) is 16.7. The summed E-state index contributed by atoms with van der Waals surface area (Å²) in [6.07, 6.45) is 0. The van der Waals surface area contributed by atoms with Crippen molar-refractivity contribution in [3.05, 3.63) is 65.5 Å². The Hall–Kier alpha value is -2.42. The first kappa shape index (κ1) is 12.6. The van der Waals surface area contributed by atoms with E-state index in [9.17, 15) is 0 Å². The first-order valence-corrected chi connectivity index (χ1v) is 6.71. The Morgan fingerprint density at radius 2 is 1.45 bits per heavy atom. The summed E-state index contributed by atoms with van der Waals surface area (Å²) >= 11 is 0. The molecule has 3 aromatic rings. The molecule has 3 heteroatoms. The van der Waals surface area contributed by atoms with Crippen LogP contribution in [0.15, 0.2) is 48.5 Å². The number of nitrogens with zero attached hydrogens (tertiary/aromatic N) is 3. The van der Waals surface area contributed by atoms with Gasteiger partial charge in [0.05, 0.1) is 0 Å². The van der Waals surface area contributed by atoms with Gasteiger partial charge in [-0.25, -0.2) is 0 Å². The Morgan fingerprint density at radius 3 is 2.10 bits per heavy atom. The van der Waals surface area contributed by atoms with Crippen LogP contribution >= 0.6 is 0 Å². The van der Waals surface area contributed by atoms with E-state index in [0.717, 1.165) is 22.9 Å². The van der Waals surface area contributed by atoms with Gasteiger partial charge in [-0.3, -0.25) is 4.57 Å². The van der Waals surface area contributed by atoms with Crippen molar-refractivity contribution >= 4 is 0 Å². The average Bonchev–Trinajstić information content (AvgIpc) is 2.80. The summed E-state index contributed by atoms with van der Waals surface area (Å²) in [5.74, 6) is 1.78. The van der Waals surface area contributed by atoms with Crippen molar-refractivity contribution < 1.29 is 0 Å². The molecule has 0 aliphatic rings. The van der Waals surface area contributed by atoms with Gasteiger partial charge >= 0.3 is 0 Å². The summed E-state index contributed by atoms with van der Waals surface area (Å²) in [5.41, 5.74) is 4.68. The minimum Gasteiger partial charge on any atom is -0.279 e. The molecule has 0 spiro atoms. The van der Waals surface area contributed by atoms with Crippen molar-refractivity contribution in [3.63, 3.8) is 0 Å². The van der Waals surface area contributed by atoms with E-state index in [1.165, 1.54) is 11.1 Å². The average molecular weight is 263 g/mol. The third kappa shape index (κ3) is 2.23. The Bertz CT molecular complexity index is 722. The van der Waals surface area contributed by atoms with Crippen LogP contribution in [0.2, 0.25) is 0 Å². The smallest absolute Gasteiger partial charge is 0.168 e. The first-order chi connectivity index (χ1) is 9.65. The fourth-order valence-electron chi connectivity index (χ4n) is 2.53. The third-order valence-electron chi connectivity index (χ3n) is 3.32. The molecular weight excluding hydrogens is 246 g/mol. The molecule has 0 bridgehead atoms. The number of hydrogen-bond acceptors (Lipinski definition) is 2. The highest BCUT2D eigenvalue weighted by atomic mass is 15.3. The minimum absolute atomic E-state index is 0.883. The van der Waals surface area contributed by atoms with Crippen molar-refractivity contribution in [3.8, 4) is 17.1 Å². The summed E-state index contributed by atoms with van der Waals surface area (Å²) in [5, 5.41) is 8.58. The number of benzene rings is 2. The zero-order valence-electron chi connectivity index (χ0n) is 12.0. The van der Waals surface area contributed by atoms with Gasteiger partial charge in [0.25, 0.3) is 0 Å². The van der Waals surface area contributed by atoms with E-state index in [2.05, 4.69) is 58.9 Å². The second-order valence-electron chi connectivity index (χ2n) is 5.12. The van der Waals surface area contributed by atoms with Gasteiger partial charge in [-0.15, -0.1) is 10.2 Å². The molecule has 100 valence electrons. The van der Waals surface area contributed by atoms with Crippen molar-refractivity contribution in [2.24, 2.45) is 0 Å². The second-order valence-corrected chi connectivity index (χ2v) is 5.12. The lowest BCUT2D eigenvalue weighted by Gasteiger charge is -2.11. The Labute approximate surface area is 118 Å². The molecule has 0 aliphatic heterocycles. The number of rotatable bonds is 2. The van der Waals surface area contributed by atoms with Crippen molar-refractivity contribution in [2.75, 3.05) is 0 Å². The maximum Gasteiger partial charge on any atom is 0.168 e. The zero-order valence-corrected chi connectivity index (χ0v) is 12.0. The van der Waals surface area contributed by atoms with E-state index in [4.69, 9.17) is 0 Å². The number of aryl methyl sites for hydroxylation is 3. The molecule has 0 N–H and O–H groups in total. The Kier molecular flexibility index (Phi) is 3.11. The van der Waals surface area contributed by atoms with Crippen LogP contribution in [0, 0.1) is 20.8 Å². The largest absolute Gasteiger partial charge is 0.279 e. The van der Waals surface area contributed by atoms with Gasteiger partial charge in [0.2, 0.25) is 0 Å². The van der Waals surface area contributed by atoms with Crippen LogP contribution in [0.3, 0.4) is 0 Å². The van der Waals surface area contributed by atoms with Crippen LogP contribution < -0.4 is 0 Å². The van der Waals surface area contributed by atoms with Gasteiger partial charge in [0, 0.05) is 11.3 Å². The standard InChI is InChI=1S/C17H17N3/c1-12-9-13(2)11-16(10-12)20-14(3)18-19-17(20)15-7-5-4-6-8-15/h4-11H,1-3H3. The van der Waals surface area contributed by atoms with Crippen molar-refractivity contribution in [2.45, 2.75) is 20.8 Å². The van der Waals surface area contributed by atoms with E-state index in [1.54, 1.807) is 0 Å². The fraction of sp³-hybridized carbons (Fsp3) is 0.176. The molecule has 0 saturated heterocycles. The van der Waals surface area contributed by atoms with Gasteiger partial charge in [0.1, 0.15) is 5.82 Å². The van der Waals surface area contributed by atoms with Gasteiger partial charge in [0.15, 0.2) is 5.82 Å². The molecule has 20 heavy (non-hydrogen) atoms. The topological polar surface area (TPSA) is 30.7 Å². The molecule has 1 aromatic heterocycles. The predicted octanol–water partition coefficient (Wildman–Crippen LogP) is 3.86. The summed E-state index contributed by atoms with van der Waals surface area (Å²) in [7, 11) is 0. The minimum atomic E-state index is 0.883. The quantitative estimate of drug-likeness (QED) is 0.703. The molecule has 1 heterocycles. The summed E-state index contributed by atoms with van der Waals surface area (Å²) < 4.78 is 2.11. The maximum atomic E-state index is 4.33. The van der Waals surface area contributed by atoms with Gasteiger partial charge in [-0.05, 0) is 44.0 Å². The van der Waals surface area contributed by atoms with Crippen LogP contribution in [0.4, 0.5) is 0 Å². The molecule has 0 unspecified atom stereocenters. The molecule has 3 nitrogen and oxygen atoms in total. The fourth-order valence-corrected chi connectivity index (χ4v) is 2.53.